The number of benzene rings is 2. The second-order valence-corrected chi connectivity index (χ2v) is 5.56. The Labute approximate surface area is 138 Å². The molecule has 0 amide bonds. The monoisotopic (exact) mass is 326 g/mol. The maximum Gasteiger partial charge on any atom is 0.184 e. The predicted octanol–water partition coefficient (Wildman–Crippen LogP) is 3.00. The van der Waals surface area contributed by atoms with Crippen molar-refractivity contribution in [2.75, 3.05) is 0 Å². The van der Waals surface area contributed by atoms with Crippen LogP contribution in [0.4, 0.5) is 4.39 Å². The van der Waals surface area contributed by atoms with Crippen LogP contribution in [0, 0.1) is 5.82 Å². The fraction of sp³-hybridized carbons (Fsp3) is 0.0588. The van der Waals surface area contributed by atoms with E-state index in [1.807, 2.05) is 30.5 Å². The van der Waals surface area contributed by atoms with Gasteiger partial charge in [-0.25, -0.2) is 4.39 Å². The minimum Gasteiger partial charge on any atom is -0.375 e. The van der Waals surface area contributed by atoms with Crippen LogP contribution in [0.5, 0.6) is 0 Å². The minimum absolute atomic E-state index is 0.132. The first-order valence-corrected chi connectivity index (χ1v) is 7.44. The molecule has 3 rings (SSSR count). The Hall–Kier alpha value is -2.73. The van der Waals surface area contributed by atoms with Gasteiger partial charge in [-0.2, -0.15) is 5.10 Å². The molecule has 1 aromatic heterocycles. The van der Waals surface area contributed by atoms with Gasteiger partial charge in [0.15, 0.2) is 5.11 Å². The van der Waals surface area contributed by atoms with Crippen molar-refractivity contribution in [3.8, 4) is 0 Å². The molecule has 0 fully saturated rings. The van der Waals surface area contributed by atoms with Gasteiger partial charge in [-0.05, 0) is 53.7 Å². The highest BCUT2D eigenvalue weighted by Crippen LogP contribution is 2.18. The molecule has 0 aliphatic rings. The first-order valence-electron chi connectivity index (χ1n) is 7.04. The zero-order chi connectivity index (χ0) is 16.2. The molecule has 23 heavy (non-hydrogen) atoms. The summed E-state index contributed by atoms with van der Waals surface area (Å²) in [5.41, 5.74) is 10.9. The molecule has 0 unspecified atom stereocenters. The maximum absolute atomic E-state index is 13.0. The fourth-order valence-electron chi connectivity index (χ4n) is 2.39. The molecule has 116 valence electrons. The zero-order valence-corrected chi connectivity index (χ0v) is 13.1. The Kier molecular flexibility index (Phi) is 4.34. The predicted molar refractivity (Wildman–Crippen MR) is 95.0 cm³/mol. The third kappa shape index (κ3) is 3.73. The summed E-state index contributed by atoms with van der Waals surface area (Å²) < 4.78 is 15.1. The average Bonchev–Trinajstić information content (AvgIpc) is 2.92. The van der Waals surface area contributed by atoms with Crippen molar-refractivity contribution in [2.24, 2.45) is 10.8 Å². The Morgan fingerprint density at radius 1 is 1.22 bits per heavy atom. The highest BCUT2D eigenvalue weighted by atomic mass is 32.1. The number of nitrogens with zero attached hydrogens (tertiary/aromatic N) is 2. The molecule has 3 N–H and O–H groups in total. The second-order valence-electron chi connectivity index (χ2n) is 5.12. The number of rotatable bonds is 4. The van der Waals surface area contributed by atoms with E-state index < -0.39 is 0 Å². The van der Waals surface area contributed by atoms with E-state index in [1.54, 1.807) is 18.3 Å². The topological polar surface area (TPSA) is 55.3 Å². The lowest BCUT2D eigenvalue weighted by Gasteiger charge is -2.06. The molecule has 1 heterocycles. The van der Waals surface area contributed by atoms with Crippen LogP contribution in [0.3, 0.4) is 0 Å². The van der Waals surface area contributed by atoms with Crippen molar-refractivity contribution in [2.45, 2.75) is 6.54 Å². The van der Waals surface area contributed by atoms with Crippen LogP contribution >= 0.6 is 12.2 Å². The highest BCUT2D eigenvalue weighted by molar-refractivity contribution is 7.80. The van der Waals surface area contributed by atoms with Crippen LogP contribution in [-0.4, -0.2) is 15.9 Å². The summed E-state index contributed by atoms with van der Waals surface area (Å²) in [5.74, 6) is -0.222. The van der Waals surface area contributed by atoms with Crippen molar-refractivity contribution < 1.29 is 4.39 Å². The van der Waals surface area contributed by atoms with E-state index in [1.165, 1.54) is 12.1 Å². The summed E-state index contributed by atoms with van der Waals surface area (Å²) in [6.45, 7) is 0.695. The molecule has 2 aromatic carbocycles. The Morgan fingerprint density at radius 3 is 2.74 bits per heavy atom. The van der Waals surface area contributed by atoms with Crippen molar-refractivity contribution in [1.82, 2.24) is 9.99 Å². The lowest BCUT2D eigenvalue weighted by Crippen LogP contribution is -2.23. The standard InChI is InChI=1S/C17H15FN4S/c18-15-4-1-12(2-5-15)11-22-8-7-14-9-13(3-6-16(14)22)10-20-21-17(19)23/h1-10H,11H2,(H3,19,21,23). The molecule has 0 aliphatic carbocycles. The number of fused-ring (bicyclic) bond motifs is 1. The number of aromatic nitrogens is 1. The highest BCUT2D eigenvalue weighted by Gasteiger charge is 2.03. The number of nitrogens with two attached hydrogens (primary N) is 1. The Balaban J connectivity index is 1.82. The van der Waals surface area contributed by atoms with Gasteiger partial charge in [0.1, 0.15) is 5.82 Å². The molecule has 0 radical (unpaired) electrons. The van der Waals surface area contributed by atoms with Crippen molar-refractivity contribution in [3.63, 3.8) is 0 Å². The van der Waals surface area contributed by atoms with Gasteiger partial charge in [0.25, 0.3) is 0 Å². The van der Waals surface area contributed by atoms with Gasteiger partial charge in [-0.1, -0.05) is 18.2 Å². The summed E-state index contributed by atoms with van der Waals surface area (Å²) in [4.78, 5) is 0. The normalized spacial score (nSPS) is 11.2. The van der Waals surface area contributed by atoms with Gasteiger partial charge < -0.3 is 10.3 Å². The van der Waals surface area contributed by atoms with E-state index in [-0.39, 0.29) is 10.9 Å². The molecule has 0 atom stereocenters. The van der Waals surface area contributed by atoms with Gasteiger partial charge in [0.05, 0.1) is 6.21 Å². The second kappa shape index (κ2) is 6.58. The summed E-state index contributed by atoms with van der Waals surface area (Å²) in [5, 5.41) is 5.18. The number of nitrogens with one attached hydrogen (secondary N) is 1. The summed E-state index contributed by atoms with van der Waals surface area (Å²) in [6, 6.07) is 14.6. The van der Waals surface area contributed by atoms with Gasteiger partial charge in [-0.3, -0.25) is 5.43 Å². The molecule has 0 spiro atoms. The van der Waals surface area contributed by atoms with Crippen LogP contribution in [0.25, 0.3) is 10.9 Å². The SMILES string of the molecule is NC(=S)NN=Cc1ccc2c(ccn2Cc2ccc(F)cc2)c1. The van der Waals surface area contributed by atoms with Crippen LogP contribution in [0.1, 0.15) is 11.1 Å². The first-order chi connectivity index (χ1) is 11.1. The Bertz CT molecular complexity index is 868. The Morgan fingerprint density at radius 2 is 2.00 bits per heavy atom. The molecule has 6 heteroatoms. The van der Waals surface area contributed by atoms with E-state index in [9.17, 15) is 4.39 Å². The molecule has 4 nitrogen and oxygen atoms in total. The lowest BCUT2D eigenvalue weighted by atomic mass is 10.1. The van der Waals surface area contributed by atoms with Crippen molar-refractivity contribution in [1.29, 1.82) is 0 Å². The largest absolute Gasteiger partial charge is 0.375 e. The quantitative estimate of drug-likeness (QED) is 0.440. The molecule has 0 saturated carbocycles. The lowest BCUT2D eigenvalue weighted by molar-refractivity contribution is 0.626. The van der Waals surface area contributed by atoms with Crippen molar-refractivity contribution >= 4 is 34.4 Å². The third-order valence-electron chi connectivity index (χ3n) is 3.45. The fourth-order valence-corrected chi connectivity index (χ4v) is 2.45. The number of thiocarbonyl (C=S) groups is 1. The van der Waals surface area contributed by atoms with E-state index in [4.69, 9.17) is 5.73 Å². The van der Waals surface area contributed by atoms with Gasteiger partial charge >= 0.3 is 0 Å². The van der Waals surface area contributed by atoms with Crippen LogP contribution in [0.15, 0.2) is 59.8 Å². The average molecular weight is 326 g/mol. The van der Waals surface area contributed by atoms with E-state index in [0.29, 0.717) is 6.54 Å². The molecule has 0 saturated heterocycles. The minimum atomic E-state index is -0.222. The number of hydrazone groups is 1. The maximum atomic E-state index is 13.0. The zero-order valence-electron chi connectivity index (χ0n) is 12.2. The van der Waals surface area contributed by atoms with Gasteiger partial charge in [-0.15, -0.1) is 0 Å². The van der Waals surface area contributed by atoms with Gasteiger partial charge in [0.2, 0.25) is 0 Å². The summed E-state index contributed by atoms with van der Waals surface area (Å²) in [7, 11) is 0. The van der Waals surface area contributed by atoms with Crippen LogP contribution < -0.4 is 11.2 Å². The first kappa shape index (κ1) is 15.2. The van der Waals surface area contributed by atoms with Crippen LogP contribution in [-0.2, 0) is 6.54 Å². The number of hydrogen-bond donors (Lipinski definition) is 2. The number of halogens is 1. The van der Waals surface area contributed by atoms with Crippen LogP contribution in [0.2, 0.25) is 0 Å². The molecule has 0 bridgehead atoms. The molecule has 3 aromatic rings. The number of hydrogen-bond acceptors (Lipinski definition) is 2. The van der Waals surface area contributed by atoms with Gasteiger partial charge in [0, 0.05) is 23.6 Å². The van der Waals surface area contributed by atoms with E-state index >= 15 is 0 Å². The van der Waals surface area contributed by atoms with E-state index in [2.05, 4.69) is 27.3 Å². The third-order valence-corrected chi connectivity index (χ3v) is 3.54. The van der Waals surface area contributed by atoms with Crippen molar-refractivity contribution in [3.05, 3.63) is 71.7 Å². The molecular formula is C17H15FN4S. The molecule has 0 aliphatic heterocycles. The summed E-state index contributed by atoms with van der Waals surface area (Å²) >= 11 is 4.69. The van der Waals surface area contributed by atoms with E-state index in [0.717, 1.165) is 22.0 Å². The smallest absolute Gasteiger partial charge is 0.184 e. The summed E-state index contributed by atoms with van der Waals surface area (Å²) in [6.07, 6.45) is 3.68. The molecular weight excluding hydrogens is 311 g/mol.